The van der Waals surface area contributed by atoms with Gasteiger partial charge in [-0.1, -0.05) is 24.3 Å². The summed E-state index contributed by atoms with van der Waals surface area (Å²) in [7, 11) is 0. The zero-order valence-electron chi connectivity index (χ0n) is 7.94. The van der Waals surface area contributed by atoms with Crippen molar-refractivity contribution >= 4 is 5.97 Å². The van der Waals surface area contributed by atoms with Gasteiger partial charge in [-0.25, -0.2) is 0 Å². The molecule has 0 saturated carbocycles. The number of hydrogen-bond donors (Lipinski definition) is 2. The predicted molar refractivity (Wildman–Crippen MR) is 52.9 cm³/mol. The normalized spacial score (nSPS) is 10.1. The van der Waals surface area contributed by atoms with E-state index in [4.69, 9.17) is 10.2 Å². The van der Waals surface area contributed by atoms with Crippen molar-refractivity contribution in [3.63, 3.8) is 0 Å². The van der Waals surface area contributed by atoms with Crippen molar-refractivity contribution in [3.05, 3.63) is 35.4 Å². The highest BCUT2D eigenvalue weighted by Crippen LogP contribution is 2.07. The van der Waals surface area contributed by atoms with E-state index in [1.165, 1.54) is 0 Å². The first-order valence-corrected chi connectivity index (χ1v) is 4.63. The first-order chi connectivity index (χ1) is 6.72. The minimum Gasteiger partial charge on any atom is -0.481 e. The third-order valence-electron chi connectivity index (χ3n) is 2.06. The van der Waals surface area contributed by atoms with Crippen LogP contribution in [0.15, 0.2) is 24.3 Å². The summed E-state index contributed by atoms with van der Waals surface area (Å²) >= 11 is 0. The van der Waals surface area contributed by atoms with Gasteiger partial charge in [0.2, 0.25) is 0 Å². The minimum atomic E-state index is -0.753. The second-order valence-corrected chi connectivity index (χ2v) is 3.22. The van der Waals surface area contributed by atoms with E-state index < -0.39 is 5.97 Å². The monoisotopic (exact) mass is 194 g/mol. The van der Waals surface area contributed by atoms with Gasteiger partial charge in [0.25, 0.3) is 0 Å². The summed E-state index contributed by atoms with van der Waals surface area (Å²) in [5.41, 5.74) is 2.00. The van der Waals surface area contributed by atoms with Gasteiger partial charge in [-0.15, -0.1) is 0 Å². The van der Waals surface area contributed by atoms with Gasteiger partial charge >= 0.3 is 5.97 Å². The summed E-state index contributed by atoms with van der Waals surface area (Å²) in [5, 5.41) is 17.2. The standard InChI is InChI=1S/C11H14O3/c12-8-10-6-4-9(5-7-10)2-1-3-11(13)14/h4-7,12H,1-3,8H2,(H,13,14). The smallest absolute Gasteiger partial charge is 0.303 e. The summed E-state index contributed by atoms with van der Waals surface area (Å²) in [5.74, 6) is -0.753. The minimum absolute atomic E-state index is 0.0510. The number of carboxylic acid groups (broad SMARTS) is 1. The topological polar surface area (TPSA) is 57.5 Å². The highest BCUT2D eigenvalue weighted by atomic mass is 16.4. The zero-order chi connectivity index (χ0) is 10.4. The second kappa shape index (κ2) is 5.40. The van der Waals surface area contributed by atoms with Gasteiger partial charge in [0.1, 0.15) is 0 Å². The summed E-state index contributed by atoms with van der Waals surface area (Å²) in [6.07, 6.45) is 1.65. The van der Waals surface area contributed by atoms with Gasteiger partial charge < -0.3 is 10.2 Å². The first kappa shape index (κ1) is 10.7. The number of aliphatic hydroxyl groups is 1. The number of rotatable bonds is 5. The number of aliphatic carboxylic acids is 1. The number of carboxylic acids is 1. The molecule has 76 valence electrons. The average molecular weight is 194 g/mol. The van der Waals surface area contributed by atoms with Gasteiger partial charge in [-0.05, 0) is 24.0 Å². The molecule has 3 nitrogen and oxygen atoms in total. The van der Waals surface area contributed by atoms with E-state index in [9.17, 15) is 4.79 Å². The van der Waals surface area contributed by atoms with Crippen molar-refractivity contribution in [2.45, 2.75) is 25.9 Å². The third kappa shape index (κ3) is 3.58. The summed E-state index contributed by atoms with van der Waals surface area (Å²) in [4.78, 5) is 10.3. The van der Waals surface area contributed by atoms with Crippen LogP contribution in [0.2, 0.25) is 0 Å². The fourth-order valence-corrected chi connectivity index (χ4v) is 1.26. The highest BCUT2D eigenvalue weighted by Gasteiger charge is 1.98. The van der Waals surface area contributed by atoms with Crippen LogP contribution < -0.4 is 0 Å². The molecular weight excluding hydrogens is 180 g/mol. The van der Waals surface area contributed by atoms with Crippen molar-refractivity contribution in [1.82, 2.24) is 0 Å². The van der Waals surface area contributed by atoms with Crippen molar-refractivity contribution in [2.75, 3.05) is 0 Å². The molecule has 0 unspecified atom stereocenters. The van der Waals surface area contributed by atoms with Crippen molar-refractivity contribution in [2.24, 2.45) is 0 Å². The van der Waals surface area contributed by atoms with Crippen molar-refractivity contribution in [3.8, 4) is 0 Å². The molecule has 0 aromatic heterocycles. The van der Waals surface area contributed by atoms with Crippen LogP contribution in [-0.2, 0) is 17.8 Å². The Hall–Kier alpha value is -1.35. The molecule has 14 heavy (non-hydrogen) atoms. The third-order valence-corrected chi connectivity index (χ3v) is 2.06. The van der Waals surface area contributed by atoms with E-state index in [1.54, 1.807) is 0 Å². The molecule has 0 aliphatic heterocycles. The van der Waals surface area contributed by atoms with Crippen LogP contribution in [-0.4, -0.2) is 16.2 Å². The number of carbonyl (C=O) groups is 1. The molecular formula is C11H14O3. The molecule has 0 heterocycles. The van der Waals surface area contributed by atoms with Gasteiger partial charge in [0, 0.05) is 6.42 Å². The molecule has 1 rings (SSSR count). The Kier molecular flexibility index (Phi) is 4.13. The zero-order valence-corrected chi connectivity index (χ0v) is 7.94. The van der Waals surface area contributed by atoms with Gasteiger partial charge in [-0.2, -0.15) is 0 Å². The molecule has 0 fully saturated rings. The molecule has 0 aliphatic rings. The fraction of sp³-hybridized carbons (Fsp3) is 0.364. The molecule has 0 bridgehead atoms. The Morgan fingerprint density at radius 2 is 1.71 bits per heavy atom. The van der Waals surface area contributed by atoms with E-state index in [-0.39, 0.29) is 13.0 Å². The molecule has 1 aromatic rings. The molecule has 2 N–H and O–H groups in total. The molecule has 1 aromatic carbocycles. The number of aryl methyl sites for hydroxylation is 1. The lowest BCUT2D eigenvalue weighted by atomic mass is 10.1. The Bertz CT molecular complexity index is 290. The Labute approximate surface area is 83.0 Å². The largest absolute Gasteiger partial charge is 0.481 e. The quantitative estimate of drug-likeness (QED) is 0.748. The van der Waals surface area contributed by atoms with Gasteiger partial charge in [-0.3, -0.25) is 4.79 Å². The predicted octanol–water partition coefficient (Wildman–Crippen LogP) is 1.59. The van der Waals surface area contributed by atoms with E-state index in [0.717, 1.165) is 17.5 Å². The molecule has 3 heteroatoms. The fourth-order valence-electron chi connectivity index (χ4n) is 1.26. The maximum absolute atomic E-state index is 10.3. The lowest BCUT2D eigenvalue weighted by Crippen LogP contribution is -1.96. The van der Waals surface area contributed by atoms with Crippen LogP contribution in [0.5, 0.6) is 0 Å². The number of aliphatic hydroxyl groups excluding tert-OH is 1. The lowest BCUT2D eigenvalue weighted by molar-refractivity contribution is -0.137. The molecule has 0 aliphatic carbocycles. The Morgan fingerprint density at radius 1 is 1.14 bits per heavy atom. The van der Waals surface area contributed by atoms with Gasteiger partial charge in [0.05, 0.1) is 6.61 Å². The molecule has 0 amide bonds. The molecule has 0 radical (unpaired) electrons. The highest BCUT2D eigenvalue weighted by molar-refractivity contribution is 5.66. The average Bonchev–Trinajstić information content (AvgIpc) is 2.18. The summed E-state index contributed by atoms with van der Waals surface area (Å²) < 4.78 is 0. The Balaban J connectivity index is 2.40. The maximum Gasteiger partial charge on any atom is 0.303 e. The van der Waals surface area contributed by atoms with Crippen LogP contribution >= 0.6 is 0 Å². The van der Waals surface area contributed by atoms with Crippen LogP contribution in [0.1, 0.15) is 24.0 Å². The van der Waals surface area contributed by atoms with Crippen LogP contribution in [0.3, 0.4) is 0 Å². The SMILES string of the molecule is O=C(O)CCCc1ccc(CO)cc1. The van der Waals surface area contributed by atoms with E-state index >= 15 is 0 Å². The Morgan fingerprint density at radius 3 is 2.21 bits per heavy atom. The number of benzene rings is 1. The van der Waals surface area contributed by atoms with Crippen molar-refractivity contribution < 1.29 is 15.0 Å². The van der Waals surface area contributed by atoms with E-state index in [1.807, 2.05) is 24.3 Å². The second-order valence-electron chi connectivity index (χ2n) is 3.22. The van der Waals surface area contributed by atoms with Crippen molar-refractivity contribution in [1.29, 1.82) is 0 Å². The van der Waals surface area contributed by atoms with Gasteiger partial charge in [0.15, 0.2) is 0 Å². The maximum atomic E-state index is 10.3. The van der Waals surface area contributed by atoms with Crippen LogP contribution in [0, 0.1) is 0 Å². The van der Waals surface area contributed by atoms with E-state index in [0.29, 0.717) is 6.42 Å². The van der Waals surface area contributed by atoms with E-state index in [2.05, 4.69) is 0 Å². The number of hydrogen-bond acceptors (Lipinski definition) is 2. The molecule has 0 spiro atoms. The summed E-state index contributed by atoms with van der Waals surface area (Å²) in [6, 6.07) is 7.56. The molecule has 0 saturated heterocycles. The summed E-state index contributed by atoms with van der Waals surface area (Å²) in [6.45, 7) is 0.0510. The first-order valence-electron chi connectivity index (χ1n) is 4.63. The van der Waals surface area contributed by atoms with Crippen LogP contribution in [0.25, 0.3) is 0 Å². The van der Waals surface area contributed by atoms with Crippen LogP contribution in [0.4, 0.5) is 0 Å². The molecule has 0 atom stereocenters. The lowest BCUT2D eigenvalue weighted by Gasteiger charge is -2.00.